The Bertz CT molecular complexity index is 752. The molecule has 3 rings (SSSR count). The number of hydrogen-bond donors (Lipinski definition) is 1. The van der Waals surface area contributed by atoms with E-state index in [-0.39, 0.29) is 5.82 Å². The highest BCUT2D eigenvalue weighted by atomic mass is 79.9. The van der Waals surface area contributed by atoms with Gasteiger partial charge in [0.05, 0.1) is 16.5 Å². The zero-order valence-corrected chi connectivity index (χ0v) is 11.6. The summed E-state index contributed by atoms with van der Waals surface area (Å²) in [7, 11) is 0. The van der Waals surface area contributed by atoms with Crippen molar-refractivity contribution in [2.75, 3.05) is 5.73 Å². The molecule has 1 aromatic heterocycles. The Morgan fingerprint density at radius 3 is 2.79 bits per heavy atom. The first-order chi connectivity index (χ1) is 9.15. The molecule has 96 valence electrons. The number of hydrogen-bond acceptors (Lipinski definition) is 2. The van der Waals surface area contributed by atoms with Gasteiger partial charge in [0.15, 0.2) is 5.82 Å². The lowest BCUT2D eigenvalue weighted by Crippen LogP contribution is -2.02. The third-order valence-electron chi connectivity index (χ3n) is 3.00. The van der Waals surface area contributed by atoms with Crippen molar-refractivity contribution in [3.63, 3.8) is 0 Å². The lowest BCUT2D eigenvalue weighted by molar-refractivity contribution is 0.618. The minimum Gasteiger partial charge on any atom is -0.382 e. The maximum atomic E-state index is 13.2. The summed E-state index contributed by atoms with van der Waals surface area (Å²) in [5, 5.41) is 5.26. The van der Waals surface area contributed by atoms with Crippen molar-refractivity contribution in [2.24, 2.45) is 0 Å². The summed E-state index contributed by atoms with van der Waals surface area (Å²) in [6.07, 6.45) is 0. The molecule has 0 saturated carbocycles. The van der Waals surface area contributed by atoms with Crippen molar-refractivity contribution in [1.29, 1.82) is 0 Å². The van der Waals surface area contributed by atoms with Crippen molar-refractivity contribution >= 4 is 32.7 Å². The molecule has 0 atom stereocenters. The number of benzene rings is 2. The van der Waals surface area contributed by atoms with Gasteiger partial charge < -0.3 is 5.73 Å². The minimum absolute atomic E-state index is 0.270. The number of nitrogen functional groups attached to an aromatic ring is 1. The van der Waals surface area contributed by atoms with Gasteiger partial charge in [-0.3, -0.25) is 4.68 Å². The van der Waals surface area contributed by atoms with Crippen LogP contribution in [0, 0.1) is 5.82 Å². The Hall–Kier alpha value is -1.88. The van der Waals surface area contributed by atoms with Gasteiger partial charge in [0.2, 0.25) is 0 Å². The number of halogens is 2. The van der Waals surface area contributed by atoms with Crippen LogP contribution in [0.15, 0.2) is 46.9 Å². The summed E-state index contributed by atoms with van der Waals surface area (Å²) in [4.78, 5) is 0. The maximum absolute atomic E-state index is 13.2. The Labute approximate surface area is 118 Å². The highest BCUT2D eigenvalue weighted by Crippen LogP contribution is 2.22. The van der Waals surface area contributed by atoms with Gasteiger partial charge in [-0.2, -0.15) is 5.10 Å². The highest BCUT2D eigenvalue weighted by Gasteiger charge is 2.08. The first-order valence-corrected chi connectivity index (χ1v) is 6.59. The van der Waals surface area contributed by atoms with Crippen molar-refractivity contribution < 1.29 is 4.39 Å². The molecule has 3 aromatic rings. The fourth-order valence-corrected chi connectivity index (χ4v) is 2.51. The lowest BCUT2D eigenvalue weighted by Gasteiger charge is -2.05. The molecule has 0 spiro atoms. The van der Waals surface area contributed by atoms with E-state index in [2.05, 4.69) is 21.0 Å². The van der Waals surface area contributed by atoms with Gasteiger partial charge in [-0.05, 0) is 45.8 Å². The third-order valence-corrected chi connectivity index (χ3v) is 3.61. The average molecular weight is 320 g/mol. The van der Waals surface area contributed by atoms with Crippen molar-refractivity contribution in [1.82, 2.24) is 9.78 Å². The molecule has 2 N–H and O–H groups in total. The fraction of sp³-hybridized carbons (Fsp3) is 0.0714. The summed E-state index contributed by atoms with van der Waals surface area (Å²) in [5.41, 5.74) is 7.82. The number of para-hydroxylation sites is 1. The van der Waals surface area contributed by atoms with Crippen molar-refractivity contribution in [2.45, 2.75) is 6.54 Å². The molecule has 0 saturated heterocycles. The van der Waals surface area contributed by atoms with E-state index in [4.69, 9.17) is 5.73 Å². The largest absolute Gasteiger partial charge is 0.382 e. The maximum Gasteiger partial charge on any atom is 0.153 e. The van der Waals surface area contributed by atoms with Crippen LogP contribution >= 0.6 is 15.9 Å². The standard InChI is InChI=1S/C14H11BrFN3/c15-11-7-9(5-6-12(11)16)8-19-13-4-2-1-3-10(13)14(17)18-19/h1-7H,8H2,(H2,17,18). The first kappa shape index (κ1) is 12.2. The molecule has 1 heterocycles. The van der Waals surface area contributed by atoms with E-state index in [1.165, 1.54) is 6.07 Å². The molecule has 0 aliphatic heterocycles. The lowest BCUT2D eigenvalue weighted by atomic mass is 10.2. The monoisotopic (exact) mass is 319 g/mol. The zero-order chi connectivity index (χ0) is 13.4. The molecule has 5 heteroatoms. The summed E-state index contributed by atoms with van der Waals surface area (Å²) in [6.45, 7) is 0.552. The Balaban J connectivity index is 2.03. The van der Waals surface area contributed by atoms with Crippen LogP contribution < -0.4 is 5.73 Å². The smallest absolute Gasteiger partial charge is 0.153 e. The van der Waals surface area contributed by atoms with E-state index in [1.54, 1.807) is 12.1 Å². The quantitative estimate of drug-likeness (QED) is 0.784. The molecular formula is C14H11BrFN3. The molecule has 0 aliphatic rings. The number of anilines is 1. The van der Waals surface area contributed by atoms with Crippen LogP contribution in [0.5, 0.6) is 0 Å². The second-order valence-corrected chi connectivity index (χ2v) is 5.16. The molecule has 0 amide bonds. The van der Waals surface area contributed by atoms with Gasteiger partial charge in [-0.1, -0.05) is 18.2 Å². The Kier molecular flexibility index (Phi) is 2.98. The van der Waals surface area contributed by atoms with Gasteiger partial charge in [0.1, 0.15) is 5.82 Å². The van der Waals surface area contributed by atoms with E-state index >= 15 is 0 Å². The van der Waals surface area contributed by atoms with Gasteiger partial charge in [-0.15, -0.1) is 0 Å². The molecular weight excluding hydrogens is 309 g/mol. The van der Waals surface area contributed by atoms with Gasteiger partial charge in [0, 0.05) is 5.39 Å². The molecule has 0 fully saturated rings. The zero-order valence-electron chi connectivity index (χ0n) is 9.98. The summed E-state index contributed by atoms with van der Waals surface area (Å²) in [5.74, 6) is 0.241. The molecule has 0 unspecified atom stereocenters. The number of aromatic nitrogens is 2. The van der Waals surface area contributed by atoms with Gasteiger partial charge in [0.25, 0.3) is 0 Å². The van der Waals surface area contributed by atoms with Crippen LogP contribution in [0.3, 0.4) is 0 Å². The van der Waals surface area contributed by atoms with Gasteiger partial charge >= 0.3 is 0 Å². The first-order valence-electron chi connectivity index (χ1n) is 5.80. The second-order valence-electron chi connectivity index (χ2n) is 4.31. The van der Waals surface area contributed by atoms with E-state index in [9.17, 15) is 4.39 Å². The topological polar surface area (TPSA) is 43.8 Å². The van der Waals surface area contributed by atoms with Gasteiger partial charge in [-0.25, -0.2) is 4.39 Å². The minimum atomic E-state index is -0.270. The van der Waals surface area contributed by atoms with E-state index in [0.717, 1.165) is 16.5 Å². The summed E-state index contributed by atoms with van der Waals surface area (Å²) < 4.78 is 15.5. The molecule has 3 nitrogen and oxygen atoms in total. The fourth-order valence-electron chi connectivity index (χ4n) is 2.08. The number of rotatable bonds is 2. The third kappa shape index (κ3) is 2.21. The van der Waals surface area contributed by atoms with Crippen molar-refractivity contribution in [3.8, 4) is 0 Å². The normalized spacial score (nSPS) is 11.1. The molecule has 0 aliphatic carbocycles. The molecule has 19 heavy (non-hydrogen) atoms. The van der Waals surface area contributed by atoms with E-state index in [1.807, 2.05) is 28.9 Å². The van der Waals surface area contributed by atoms with E-state index < -0.39 is 0 Å². The SMILES string of the molecule is Nc1nn(Cc2ccc(F)c(Br)c2)c2ccccc12. The molecule has 2 aromatic carbocycles. The summed E-state index contributed by atoms with van der Waals surface area (Å²) >= 11 is 3.18. The van der Waals surface area contributed by atoms with Crippen LogP contribution in [0.1, 0.15) is 5.56 Å². The highest BCUT2D eigenvalue weighted by molar-refractivity contribution is 9.10. The summed E-state index contributed by atoms with van der Waals surface area (Å²) in [6, 6.07) is 12.7. The Morgan fingerprint density at radius 1 is 1.21 bits per heavy atom. The molecule has 0 radical (unpaired) electrons. The van der Waals surface area contributed by atoms with Crippen LogP contribution in [-0.4, -0.2) is 9.78 Å². The van der Waals surface area contributed by atoms with Crippen LogP contribution in [0.4, 0.5) is 10.2 Å². The number of nitrogens with zero attached hydrogens (tertiary/aromatic N) is 2. The van der Waals surface area contributed by atoms with Crippen LogP contribution in [-0.2, 0) is 6.54 Å². The molecule has 0 bridgehead atoms. The van der Waals surface area contributed by atoms with Crippen LogP contribution in [0.25, 0.3) is 10.9 Å². The second kappa shape index (κ2) is 4.66. The predicted octanol–water partition coefficient (Wildman–Crippen LogP) is 3.57. The van der Waals surface area contributed by atoms with E-state index in [0.29, 0.717) is 16.8 Å². The van der Waals surface area contributed by atoms with Crippen molar-refractivity contribution in [3.05, 3.63) is 58.3 Å². The number of nitrogens with two attached hydrogens (primary N) is 1. The number of fused-ring (bicyclic) bond motifs is 1. The average Bonchev–Trinajstić information content (AvgIpc) is 2.72. The van der Waals surface area contributed by atoms with Crippen LogP contribution in [0.2, 0.25) is 0 Å². The predicted molar refractivity (Wildman–Crippen MR) is 77.3 cm³/mol. The Morgan fingerprint density at radius 2 is 2.00 bits per heavy atom.